The maximum atomic E-state index is 11.8. The van der Waals surface area contributed by atoms with E-state index in [2.05, 4.69) is 15.6 Å². The maximum Gasteiger partial charge on any atom is 0.222 e. The summed E-state index contributed by atoms with van der Waals surface area (Å²) in [6.45, 7) is 1.49. The lowest BCUT2D eigenvalue weighted by Gasteiger charge is -2.10. The highest BCUT2D eigenvalue weighted by Gasteiger charge is 2.05. The molecule has 0 spiro atoms. The predicted molar refractivity (Wildman–Crippen MR) is 126 cm³/mol. The molecular formula is C21H29IN4O3. The number of hydrogen-bond donors (Lipinski definition) is 3. The van der Waals surface area contributed by atoms with Crippen molar-refractivity contribution in [2.24, 2.45) is 10.7 Å². The summed E-state index contributed by atoms with van der Waals surface area (Å²) in [5.41, 5.74) is 8.01. The first-order chi connectivity index (χ1) is 13.6. The van der Waals surface area contributed by atoms with E-state index in [-0.39, 0.29) is 29.9 Å². The van der Waals surface area contributed by atoms with Gasteiger partial charge in [-0.3, -0.25) is 9.79 Å². The number of guanidine groups is 1. The van der Waals surface area contributed by atoms with Gasteiger partial charge in [0.2, 0.25) is 5.91 Å². The quantitative estimate of drug-likeness (QED) is 0.258. The second-order valence-corrected chi connectivity index (χ2v) is 6.15. The van der Waals surface area contributed by atoms with Crippen LogP contribution in [0.15, 0.2) is 53.5 Å². The number of ether oxygens (including phenoxy) is 2. The van der Waals surface area contributed by atoms with Crippen molar-refractivity contribution in [2.75, 3.05) is 27.3 Å². The number of benzene rings is 2. The summed E-state index contributed by atoms with van der Waals surface area (Å²) in [7, 11) is 3.22. The van der Waals surface area contributed by atoms with Gasteiger partial charge in [-0.25, -0.2) is 0 Å². The van der Waals surface area contributed by atoms with Crippen LogP contribution in [0.4, 0.5) is 0 Å². The molecule has 0 aliphatic carbocycles. The molecule has 0 saturated carbocycles. The maximum absolute atomic E-state index is 11.8. The number of carbonyl (C=O) groups excluding carboxylic acids is 1. The summed E-state index contributed by atoms with van der Waals surface area (Å²) in [6.07, 6.45) is 1.05. The van der Waals surface area contributed by atoms with Crippen LogP contribution < -0.4 is 25.8 Å². The van der Waals surface area contributed by atoms with Gasteiger partial charge in [-0.05, 0) is 29.7 Å². The van der Waals surface area contributed by atoms with Crippen LogP contribution in [-0.4, -0.2) is 39.2 Å². The predicted octanol–water partition coefficient (Wildman–Crippen LogP) is 2.48. The molecule has 0 aliphatic heterocycles. The van der Waals surface area contributed by atoms with E-state index in [4.69, 9.17) is 15.2 Å². The number of nitrogens with zero attached hydrogens (tertiary/aromatic N) is 1. The van der Waals surface area contributed by atoms with Crippen LogP contribution in [0.5, 0.6) is 11.5 Å². The molecule has 158 valence electrons. The molecule has 1 amide bonds. The zero-order chi connectivity index (χ0) is 20.2. The molecule has 0 radical (unpaired) electrons. The summed E-state index contributed by atoms with van der Waals surface area (Å²) in [4.78, 5) is 16.0. The Morgan fingerprint density at radius 3 is 2.41 bits per heavy atom. The van der Waals surface area contributed by atoms with E-state index in [1.165, 1.54) is 0 Å². The van der Waals surface area contributed by atoms with Gasteiger partial charge >= 0.3 is 0 Å². The third-order valence-corrected chi connectivity index (χ3v) is 4.12. The molecule has 2 aromatic rings. The van der Waals surface area contributed by atoms with Crippen molar-refractivity contribution in [3.05, 3.63) is 59.7 Å². The Morgan fingerprint density at radius 2 is 1.72 bits per heavy atom. The lowest BCUT2D eigenvalue weighted by Crippen LogP contribution is -2.33. The number of methoxy groups -OCH3 is 2. The Balaban J connectivity index is 0.00000420. The van der Waals surface area contributed by atoms with Gasteiger partial charge in [0.15, 0.2) is 17.5 Å². The zero-order valence-corrected chi connectivity index (χ0v) is 19.1. The van der Waals surface area contributed by atoms with Gasteiger partial charge in [-0.15, -0.1) is 24.0 Å². The van der Waals surface area contributed by atoms with Crippen LogP contribution in [0.1, 0.15) is 17.5 Å². The van der Waals surface area contributed by atoms with Gasteiger partial charge in [0.1, 0.15) is 0 Å². The lowest BCUT2D eigenvalue weighted by molar-refractivity contribution is -0.121. The van der Waals surface area contributed by atoms with Crippen molar-refractivity contribution in [3.63, 3.8) is 0 Å². The molecule has 2 rings (SSSR count). The fraction of sp³-hybridized carbons (Fsp3) is 0.333. The number of nitrogens with two attached hydrogens (primary N) is 1. The molecule has 7 nitrogen and oxygen atoms in total. The van der Waals surface area contributed by atoms with Gasteiger partial charge < -0.3 is 25.8 Å². The molecule has 8 heteroatoms. The largest absolute Gasteiger partial charge is 0.493 e. The van der Waals surface area contributed by atoms with Crippen molar-refractivity contribution < 1.29 is 14.3 Å². The molecule has 4 N–H and O–H groups in total. The normalized spacial score (nSPS) is 10.6. The van der Waals surface area contributed by atoms with Crippen LogP contribution in [-0.2, 0) is 17.8 Å². The first-order valence-corrected chi connectivity index (χ1v) is 9.17. The second-order valence-electron chi connectivity index (χ2n) is 6.15. The Kier molecular flexibility index (Phi) is 11.6. The zero-order valence-electron chi connectivity index (χ0n) is 16.8. The minimum absolute atomic E-state index is 0. The number of amides is 1. The highest BCUT2D eigenvalue weighted by Crippen LogP contribution is 2.27. The standard InChI is InChI=1S/C21H28N4O3.HI/c1-27-18-9-8-16(14-19(18)28-2)10-12-23-21(22)24-13-11-20(26)25-15-17-6-4-3-5-7-17;/h3-9,14H,10-13,15H2,1-2H3,(H,25,26)(H3,22,23,24);1H. The Bertz CT molecular complexity index is 785. The number of halogens is 1. The Hall–Kier alpha value is -2.49. The average molecular weight is 512 g/mol. The second kappa shape index (κ2) is 13.6. The first kappa shape index (κ1) is 24.5. The van der Waals surface area contributed by atoms with Crippen molar-refractivity contribution in [1.29, 1.82) is 0 Å². The fourth-order valence-corrected chi connectivity index (χ4v) is 2.59. The molecule has 2 aromatic carbocycles. The van der Waals surface area contributed by atoms with E-state index in [1.54, 1.807) is 14.2 Å². The van der Waals surface area contributed by atoms with Crippen LogP contribution in [0, 0.1) is 0 Å². The molecule has 0 heterocycles. The topological polar surface area (TPSA) is 98.0 Å². The van der Waals surface area contributed by atoms with Crippen LogP contribution >= 0.6 is 24.0 Å². The molecule has 0 bridgehead atoms. The number of aliphatic imine (C=N–C) groups is 1. The molecule has 0 unspecified atom stereocenters. The van der Waals surface area contributed by atoms with E-state index in [9.17, 15) is 4.79 Å². The fourth-order valence-electron chi connectivity index (χ4n) is 2.59. The number of hydrogen-bond acceptors (Lipinski definition) is 4. The molecule has 0 aromatic heterocycles. The number of carbonyl (C=O) groups is 1. The van der Waals surface area contributed by atoms with Gasteiger partial charge in [0.25, 0.3) is 0 Å². The summed E-state index contributed by atoms with van der Waals surface area (Å²) >= 11 is 0. The van der Waals surface area contributed by atoms with E-state index >= 15 is 0 Å². The van der Waals surface area contributed by atoms with Gasteiger partial charge in [-0.1, -0.05) is 36.4 Å². The molecule has 0 saturated heterocycles. The smallest absolute Gasteiger partial charge is 0.222 e. The van der Waals surface area contributed by atoms with Crippen molar-refractivity contribution in [1.82, 2.24) is 10.6 Å². The van der Waals surface area contributed by atoms with E-state index in [1.807, 2.05) is 48.5 Å². The molecule has 0 aliphatic rings. The molecular weight excluding hydrogens is 483 g/mol. The van der Waals surface area contributed by atoms with Crippen molar-refractivity contribution in [3.8, 4) is 11.5 Å². The van der Waals surface area contributed by atoms with E-state index < -0.39 is 0 Å². The molecule has 0 atom stereocenters. The lowest BCUT2D eigenvalue weighted by atomic mass is 10.1. The molecule has 0 fully saturated rings. The summed E-state index contributed by atoms with van der Waals surface area (Å²) < 4.78 is 10.5. The van der Waals surface area contributed by atoms with E-state index in [0.717, 1.165) is 17.5 Å². The monoisotopic (exact) mass is 512 g/mol. The Morgan fingerprint density at radius 1 is 1.00 bits per heavy atom. The summed E-state index contributed by atoms with van der Waals surface area (Å²) in [5, 5.41) is 5.92. The summed E-state index contributed by atoms with van der Waals surface area (Å²) in [6, 6.07) is 15.6. The van der Waals surface area contributed by atoms with Gasteiger partial charge in [-0.2, -0.15) is 0 Å². The summed E-state index contributed by atoms with van der Waals surface area (Å²) in [5.74, 6) is 1.68. The molecule has 29 heavy (non-hydrogen) atoms. The van der Waals surface area contributed by atoms with Crippen LogP contribution in [0.3, 0.4) is 0 Å². The van der Waals surface area contributed by atoms with Crippen molar-refractivity contribution >= 4 is 35.8 Å². The third-order valence-electron chi connectivity index (χ3n) is 4.12. The SMILES string of the molecule is COc1ccc(CCNC(N)=NCCC(=O)NCc2ccccc2)cc1OC.I. The van der Waals surface area contributed by atoms with Crippen molar-refractivity contribution in [2.45, 2.75) is 19.4 Å². The van der Waals surface area contributed by atoms with Crippen LogP contribution in [0.2, 0.25) is 0 Å². The highest BCUT2D eigenvalue weighted by molar-refractivity contribution is 14.0. The highest BCUT2D eigenvalue weighted by atomic mass is 127. The Labute approximate surface area is 189 Å². The van der Waals surface area contributed by atoms with Crippen LogP contribution in [0.25, 0.3) is 0 Å². The minimum Gasteiger partial charge on any atom is -0.493 e. The van der Waals surface area contributed by atoms with Gasteiger partial charge in [0.05, 0.1) is 20.8 Å². The minimum atomic E-state index is -0.0502. The third kappa shape index (κ3) is 9.03. The first-order valence-electron chi connectivity index (χ1n) is 9.17. The van der Waals surface area contributed by atoms with Gasteiger partial charge in [0, 0.05) is 19.5 Å². The average Bonchev–Trinajstić information content (AvgIpc) is 2.73. The van der Waals surface area contributed by atoms with E-state index in [0.29, 0.717) is 43.5 Å². The number of nitrogens with one attached hydrogen (secondary N) is 2. The number of rotatable bonds is 10.